The number of aliphatic hydroxyl groups is 3. The summed E-state index contributed by atoms with van der Waals surface area (Å²) in [6.45, 7) is 11.7. The highest BCUT2D eigenvalue weighted by molar-refractivity contribution is 6.39. The zero-order chi connectivity index (χ0) is 42.0. The second kappa shape index (κ2) is 19.0. The predicted octanol–water partition coefficient (Wildman–Crippen LogP) is 4.55. The fourth-order valence-electron chi connectivity index (χ4n) is 10.8. The summed E-state index contributed by atoms with van der Waals surface area (Å²) in [6.07, 6.45) is 3.23. The standard InChI is InChI=1S/C44H71NO12/c1-10-29-30-23-43(30,6)22-24(2)17-36(54-8)39-37(55-9)19-26(4)44(52,57-39)40(49)41(50)45-16-12-11-13-31(45)42(51)56-38(27(5)33(47)21-34(29)48)25(3)18-28-14-15-32(46)35(20-28)53-7/h18,24,26-33,35-39,46-47,52H,10-17,19-23H2,1-9H3/b25-18+/t24-,26-,27-,28+,29-,30-,31+,32-,33+,35-,36+,37+,38-,39-,43+,44-/m1/s1. The van der Waals surface area contributed by atoms with E-state index in [4.69, 9.17) is 23.7 Å². The van der Waals surface area contributed by atoms with E-state index >= 15 is 0 Å². The number of ether oxygens (including phenoxy) is 5. The van der Waals surface area contributed by atoms with E-state index in [1.54, 1.807) is 35.2 Å². The molecule has 5 rings (SSSR count). The topological polar surface area (TPSA) is 178 Å². The smallest absolute Gasteiger partial charge is 0.329 e. The van der Waals surface area contributed by atoms with Crippen LogP contribution < -0.4 is 0 Å². The Bertz CT molecular complexity index is 1470. The molecule has 5 fully saturated rings. The molecule has 0 spiro atoms. The Balaban J connectivity index is 1.52. The maximum atomic E-state index is 14.3. The second-order valence-electron chi connectivity index (χ2n) is 18.6. The van der Waals surface area contributed by atoms with Gasteiger partial charge in [-0.1, -0.05) is 40.7 Å². The number of hydrogen-bond acceptors (Lipinski definition) is 12. The molecular formula is C44H71NO12. The van der Waals surface area contributed by atoms with Crippen molar-refractivity contribution in [3.63, 3.8) is 0 Å². The second-order valence-corrected chi connectivity index (χ2v) is 18.6. The van der Waals surface area contributed by atoms with Crippen LogP contribution in [-0.4, -0.2) is 126 Å². The number of cyclic esters (lactones) is 1. The highest BCUT2D eigenvalue weighted by Gasteiger charge is 2.58. The lowest BCUT2D eigenvalue weighted by molar-refractivity contribution is -0.302. The number of carbonyl (C=O) groups is 4. The van der Waals surface area contributed by atoms with Crippen molar-refractivity contribution in [1.29, 1.82) is 0 Å². The predicted molar refractivity (Wildman–Crippen MR) is 211 cm³/mol. The molecular weight excluding hydrogens is 734 g/mol. The fourth-order valence-corrected chi connectivity index (χ4v) is 10.8. The van der Waals surface area contributed by atoms with Crippen LogP contribution in [0.5, 0.6) is 0 Å². The summed E-state index contributed by atoms with van der Waals surface area (Å²) >= 11 is 0. The monoisotopic (exact) mass is 805 g/mol. The number of methoxy groups -OCH3 is 3. The van der Waals surface area contributed by atoms with Crippen LogP contribution in [0.3, 0.4) is 0 Å². The van der Waals surface area contributed by atoms with Gasteiger partial charge in [-0.15, -0.1) is 0 Å². The quantitative estimate of drug-likeness (QED) is 0.194. The number of rotatable bonds is 6. The van der Waals surface area contributed by atoms with Gasteiger partial charge in [-0.05, 0) is 106 Å². The number of hydrogen-bond donors (Lipinski definition) is 3. The maximum absolute atomic E-state index is 14.3. The van der Waals surface area contributed by atoms with Gasteiger partial charge in [0.1, 0.15) is 24.0 Å². The minimum absolute atomic E-state index is 0.00965. The van der Waals surface area contributed by atoms with E-state index in [1.807, 2.05) is 19.9 Å². The molecule has 57 heavy (non-hydrogen) atoms. The van der Waals surface area contributed by atoms with Crippen molar-refractivity contribution >= 4 is 23.4 Å². The van der Waals surface area contributed by atoms with Crippen LogP contribution in [0.2, 0.25) is 0 Å². The molecule has 1 amide bonds. The number of Topliss-reactive ketones (excluding diaryl/α,β-unsaturated/α-hetero) is 2. The van der Waals surface area contributed by atoms with E-state index in [0.717, 1.165) is 12.8 Å². The summed E-state index contributed by atoms with van der Waals surface area (Å²) in [5, 5.41) is 34.3. The molecule has 0 unspecified atom stereocenters. The van der Waals surface area contributed by atoms with E-state index in [-0.39, 0.29) is 66.8 Å². The zero-order valence-electron chi connectivity index (χ0n) is 35.8. The van der Waals surface area contributed by atoms with E-state index in [0.29, 0.717) is 50.5 Å². The number of ketones is 2. The number of piperidine rings is 1. The first-order valence-electron chi connectivity index (χ1n) is 21.5. The van der Waals surface area contributed by atoms with Crippen LogP contribution in [0.4, 0.5) is 0 Å². The van der Waals surface area contributed by atoms with Gasteiger partial charge in [-0.2, -0.15) is 0 Å². The lowest BCUT2D eigenvalue weighted by atomic mass is 9.79. The van der Waals surface area contributed by atoms with Crippen LogP contribution in [0.25, 0.3) is 0 Å². The van der Waals surface area contributed by atoms with Crippen LogP contribution in [0.1, 0.15) is 119 Å². The van der Waals surface area contributed by atoms with Gasteiger partial charge in [-0.25, -0.2) is 4.79 Å². The normalized spacial score (nSPS) is 44.7. The first-order valence-corrected chi connectivity index (χ1v) is 21.5. The number of allylic oxidation sites excluding steroid dienone is 1. The fraction of sp³-hybridized carbons (Fsp3) is 0.864. The average Bonchev–Trinajstić information content (AvgIpc) is 3.84. The molecule has 0 aromatic heterocycles. The Labute approximate surface area is 339 Å². The molecule has 2 aliphatic carbocycles. The van der Waals surface area contributed by atoms with Gasteiger partial charge >= 0.3 is 5.97 Å². The molecule has 13 heteroatoms. The Morgan fingerprint density at radius 1 is 0.895 bits per heavy atom. The summed E-state index contributed by atoms with van der Waals surface area (Å²) in [5.41, 5.74) is 0.577. The Morgan fingerprint density at radius 2 is 1.56 bits per heavy atom. The molecule has 16 atom stereocenters. The highest BCUT2D eigenvalue weighted by atomic mass is 16.7. The van der Waals surface area contributed by atoms with Crippen molar-refractivity contribution in [2.75, 3.05) is 27.9 Å². The molecule has 0 aromatic carbocycles. The molecule has 324 valence electrons. The number of fused-ring (bicyclic) bond motifs is 4. The van der Waals surface area contributed by atoms with Crippen LogP contribution in [0.15, 0.2) is 11.6 Å². The van der Waals surface area contributed by atoms with Crippen molar-refractivity contribution in [3.05, 3.63) is 11.6 Å². The third-order valence-corrected chi connectivity index (χ3v) is 14.5. The largest absolute Gasteiger partial charge is 0.456 e. The molecule has 2 bridgehead atoms. The van der Waals surface area contributed by atoms with Crippen molar-refractivity contribution in [1.82, 2.24) is 4.90 Å². The third-order valence-electron chi connectivity index (χ3n) is 14.5. The van der Waals surface area contributed by atoms with Gasteiger partial charge in [0.15, 0.2) is 0 Å². The third kappa shape index (κ3) is 9.87. The zero-order valence-corrected chi connectivity index (χ0v) is 35.8. The summed E-state index contributed by atoms with van der Waals surface area (Å²) < 4.78 is 29.9. The Hall–Kier alpha value is -2.26. The van der Waals surface area contributed by atoms with Crippen molar-refractivity contribution in [2.45, 2.75) is 173 Å². The molecule has 3 aliphatic heterocycles. The van der Waals surface area contributed by atoms with E-state index < -0.39 is 77.9 Å². The lowest BCUT2D eigenvalue weighted by Gasteiger charge is -2.47. The number of aliphatic hydroxyl groups excluding tert-OH is 2. The molecule has 13 nitrogen and oxygen atoms in total. The SMILES string of the molecule is CC[C@H]1C(=O)C[C@H](O)[C@@H](C)[C@@H](/C(C)=C/[C@@H]2CC[C@@H](O)[C@H](OC)C2)OC(=O)[C@@H]2CCCCN2C(=O)C(=O)[C@]2(O)O[C@H]([C@@H](OC)C[C@@H](C)C[C@@]3(C)C[C@H]13)[C@@H](OC)C[C@H]2C. The van der Waals surface area contributed by atoms with Gasteiger partial charge in [0.2, 0.25) is 5.79 Å². The average molecular weight is 806 g/mol. The minimum atomic E-state index is -2.49. The van der Waals surface area contributed by atoms with E-state index in [1.165, 1.54) is 4.90 Å². The number of nitrogens with zero attached hydrogens (tertiary/aromatic N) is 1. The first kappa shape index (κ1) is 45.8. The molecule has 3 saturated heterocycles. The van der Waals surface area contributed by atoms with Crippen molar-refractivity contribution < 1.29 is 58.2 Å². The molecule has 5 aliphatic rings. The summed E-state index contributed by atoms with van der Waals surface area (Å²) in [6, 6.07) is -1.12. The minimum Gasteiger partial charge on any atom is -0.456 e. The van der Waals surface area contributed by atoms with E-state index in [2.05, 4.69) is 13.8 Å². The Kier molecular flexibility index (Phi) is 15.3. The summed E-state index contributed by atoms with van der Waals surface area (Å²) in [7, 11) is 4.68. The maximum Gasteiger partial charge on any atom is 0.329 e. The Morgan fingerprint density at radius 3 is 2.21 bits per heavy atom. The first-order chi connectivity index (χ1) is 26.9. The number of amides is 1. The van der Waals surface area contributed by atoms with Gasteiger partial charge < -0.3 is 43.9 Å². The number of esters is 1. The van der Waals surface area contributed by atoms with Crippen LogP contribution in [0, 0.1) is 40.9 Å². The summed E-state index contributed by atoms with van der Waals surface area (Å²) in [4.78, 5) is 58.1. The molecule has 3 N–H and O–H groups in total. The van der Waals surface area contributed by atoms with Gasteiger partial charge in [-0.3, -0.25) is 14.4 Å². The van der Waals surface area contributed by atoms with Gasteiger partial charge in [0.25, 0.3) is 11.7 Å². The molecule has 0 radical (unpaired) electrons. The molecule has 3 heterocycles. The molecule has 0 aromatic rings. The number of carbonyl (C=O) groups excluding carboxylic acids is 4. The highest BCUT2D eigenvalue weighted by Crippen LogP contribution is 2.61. The van der Waals surface area contributed by atoms with Gasteiger partial charge in [0.05, 0.1) is 30.5 Å². The van der Waals surface area contributed by atoms with Crippen LogP contribution >= 0.6 is 0 Å². The van der Waals surface area contributed by atoms with Crippen LogP contribution in [-0.2, 0) is 42.9 Å². The van der Waals surface area contributed by atoms with Gasteiger partial charge in [0, 0.05) is 52.0 Å². The van der Waals surface area contributed by atoms with E-state index in [9.17, 15) is 34.5 Å². The molecule has 2 saturated carbocycles. The van der Waals surface area contributed by atoms with Crippen molar-refractivity contribution in [3.8, 4) is 0 Å². The lowest BCUT2D eigenvalue weighted by Crippen LogP contribution is -2.64. The van der Waals surface area contributed by atoms with Crippen molar-refractivity contribution in [2.24, 2.45) is 40.9 Å². The summed E-state index contributed by atoms with van der Waals surface area (Å²) in [5.74, 6) is -6.88.